The van der Waals surface area contributed by atoms with E-state index in [0.29, 0.717) is 15.7 Å². The third kappa shape index (κ3) is 1.98. The van der Waals surface area contributed by atoms with E-state index in [9.17, 15) is 0 Å². The second-order valence-electron chi connectivity index (χ2n) is 3.01. The van der Waals surface area contributed by atoms with Gasteiger partial charge in [0.15, 0.2) is 5.82 Å². The van der Waals surface area contributed by atoms with Crippen LogP contribution in [0.15, 0.2) is 29.2 Å². The van der Waals surface area contributed by atoms with Gasteiger partial charge in [0.1, 0.15) is 5.40 Å². The van der Waals surface area contributed by atoms with E-state index >= 15 is 0 Å². The number of thioether (sulfide) groups is 1. The molecule has 4 nitrogen and oxygen atoms in total. The highest BCUT2D eigenvalue weighted by Crippen LogP contribution is 2.33. The minimum Gasteiger partial charge on any atom is -0.381 e. The third-order valence-electron chi connectivity index (χ3n) is 2.03. The summed E-state index contributed by atoms with van der Waals surface area (Å²) in [6.45, 7) is 0. The number of rotatable bonds is 2. The lowest BCUT2D eigenvalue weighted by molar-refractivity contribution is 1.10. The fourth-order valence-corrected chi connectivity index (χ4v) is 1.94. The van der Waals surface area contributed by atoms with Crippen LogP contribution in [0.25, 0.3) is 11.3 Å². The van der Waals surface area contributed by atoms with Gasteiger partial charge >= 0.3 is 0 Å². The van der Waals surface area contributed by atoms with Crippen molar-refractivity contribution in [3.05, 3.63) is 29.3 Å². The van der Waals surface area contributed by atoms with Crippen LogP contribution in [0, 0.1) is 10.7 Å². The smallest absolute Gasteiger partial charge is 0.160 e. The molecule has 0 unspecified atom stereocenters. The van der Waals surface area contributed by atoms with Crippen LogP contribution in [-0.4, -0.2) is 10.2 Å². The normalized spacial score (nSPS) is 10.0. The Hall–Kier alpha value is -1.64. The lowest BCUT2D eigenvalue weighted by atomic mass is 10.1. The predicted molar refractivity (Wildman–Crippen MR) is 64.9 cm³/mol. The minimum absolute atomic E-state index is 0.330. The number of nitrogens with one attached hydrogen (secondary N) is 1. The second kappa shape index (κ2) is 4.47. The Kier molecular flexibility index (Phi) is 3.04. The number of nitrogens with two attached hydrogens (primary N) is 1. The quantitative estimate of drug-likeness (QED) is 0.635. The van der Waals surface area contributed by atoms with Crippen molar-refractivity contribution >= 4 is 29.2 Å². The van der Waals surface area contributed by atoms with E-state index in [4.69, 9.17) is 22.6 Å². The van der Waals surface area contributed by atoms with Crippen molar-refractivity contribution in [1.82, 2.24) is 10.2 Å². The summed E-state index contributed by atoms with van der Waals surface area (Å²) in [6.07, 6.45) is 0. The van der Waals surface area contributed by atoms with Gasteiger partial charge in [-0.1, -0.05) is 23.7 Å². The van der Waals surface area contributed by atoms with Crippen LogP contribution in [0.5, 0.6) is 0 Å². The number of aromatic amines is 1. The molecule has 1 heterocycles. The van der Waals surface area contributed by atoms with Gasteiger partial charge in [-0.25, -0.2) is 0 Å². The molecular weight excluding hydrogens is 244 g/mol. The van der Waals surface area contributed by atoms with Crippen molar-refractivity contribution in [1.29, 1.82) is 5.26 Å². The molecule has 0 bridgehead atoms. The maximum Gasteiger partial charge on any atom is 0.160 e. The summed E-state index contributed by atoms with van der Waals surface area (Å²) in [6, 6.07) is 7.23. The molecule has 2 rings (SSSR count). The van der Waals surface area contributed by atoms with Crippen molar-refractivity contribution in [3.8, 4) is 16.7 Å². The molecular formula is C10H7ClN4S. The van der Waals surface area contributed by atoms with Gasteiger partial charge in [-0.3, -0.25) is 5.10 Å². The molecule has 0 aliphatic heterocycles. The molecule has 0 saturated heterocycles. The van der Waals surface area contributed by atoms with Gasteiger partial charge in [0.2, 0.25) is 0 Å². The molecule has 80 valence electrons. The first-order valence-corrected chi connectivity index (χ1v) is 5.57. The summed E-state index contributed by atoms with van der Waals surface area (Å²) in [4.78, 5) is 0.643. The zero-order valence-corrected chi connectivity index (χ0v) is 9.64. The Morgan fingerprint density at radius 3 is 2.69 bits per heavy atom. The lowest BCUT2D eigenvalue weighted by Crippen LogP contribution is -1.85. The maximum absolute atomic E-state index is 8.67. The van der Waals surface area contributed by atoms with Crippen molar-refractivity contribution in [3.63, 3.8) is 0 Å². The number of nitrogen functional groups attached to an aromatic ring is 1. The van der Waals surface area contributed by atoms with Gasteiger partial charge in [0.25, 0.3) is 0 Å². The number of nitriles is 1. The summed E-state index contributed by atoms with van der Waals surface area (Å²) in [7, 11) is 0. The average Bonchev–Trinajstić information content (AvgIpc) is 2.63. The molecule has 0 saturated carbocycles. The Balaban J connectivity index is 2.48. The van der Waals surface area contributed by atoms with E-state index in [0.717, 1.165) is 23.0 Å². The van der Waals surface area contributed by atoms with Gasteiger partial charge in [0.05, 0.1) is 10.6 Å². The first-order chi connectivity index (χ1) is 7.72. The zero-order valence-electron chi connectivity index (χ0n) is 8.07. The summed E-state index contributed by atoms with van der Waals surface area (Å²) >= 11 is 6.79. The number of hydrogen-bond acceptors (Lipinski definition) is 4. The number of aromatic nitrogens is 2. The van der Waals surface area contributed by atoms with Crippen LogP contribution in [-0.2, 0) is 0 Å². The highest BCUT2D eigenvalue weighted by Gasteiger charge is 2.12. The molecule has 6 heteroatoms. The van der Waals surface area contributed by atoms with E-state index in [1.807, 2.05) is 17.5 Å². The van der Waals surface area contributed by atoms with Crippen LogP contribution in [0.3, 0.4) is 0 Å². The standard InChI is InChI=1S/C10H7ClN4S/c11-7-3-1-6(2-4-7)8-9(16-5-12)10(13)15-14-8/h1-4H,(H3,13,14,15). The molecule has 1 aromatic heterocycles. The molecule has 0 fully saturated rings. The number of benzene rings is 1. The fraction of sp³-hybridized carbons (Fsp3) is 0. The summed E-state index contributed by atoms with van der Waals surface area (Å²) < 4.78 is 0. The Morgan fingerprint density at radius 2 is 2.06 bits per heavy atom. The molecule has 16 heavy (non-hydrogen) atoms. The van der Waals surface area contributed by atoms with Gasteiger partial charge in [-0.2, -0.15) is 10.4 Å². The van der Waals surface area contributed by atoms with Crippen LogP contribution in [0.1, 0.15) is 0 Å². The van der Waals surface area contributed by atoms with Gasteiger partial charge in [-0.15, -0.1) is 0 Å². The molecule has 0 atom stereocenters. The number of thiocyanates is 1. The van der Waals surface area contributed by atoms with E-state index in [1.165, 1.54) is 0 Å². The number of H-pyrrole nitrogens is 1. The number of halogens is 1. The van der Waals surface area contributed by atoms with E-state index in [1.54, 1.807) is 12.1 Å². The van der Waals surface area contributed by atoms with Crippen LogP contribution < -0.4 is 5.73 Å². The molecule has 0 radical (unpaired) electrons. The third-order valence-corrected chi connectivity index (χ3v) is 2.99. The van der Waals surface area contributed by atoms with Gasteiger partial charge in [-0.05, 0) is 23.9 Å². The SMILES string of the molecule is N#CSc1c(N)n[nH]c1-c1ccc(Cl)cc1. The summed E-state index contributed by atoms with van der Waals surface area (Å²) in [5.41, 5.74) is 7.29. The monoisotopic (exact) mass is 250 g/mol. The Bertz CT molecular complexity index is 541. The largest absolute Gasteiger partial charge is 0.381 e. The first-order valence-electron chi connectivity index (χ1n) is 4.38. The maximum atomic E-state index is 8.67. The molecule has 0 aliphatic carbocycles. The predicted octanol–water partition coefficient (Wildman–Crippen LogP) is 2.89. The average molecular weight is 251 g/mol. The zero-order chi connectivity index (χ0) is 11.5. The molecule has 1 aromatic carbocycles. The van der Waals surface area contributed by atoms with Crippen molar-refractivity contribution in [2.45, 2.75) is 4.90 Å². The summed E-state index contributed by atoms with van der Waals surface area (Å²) in [5.74, 6) is 0.330. The lowest BCUT2D eigenvalue weighted by Gasteiger charge is -2.00. The van der Waals surface area contributed by atoms with Crippen LogP contribution >= 0.6 is 23.4 Å². The summed E-state index contributed by atoms with van der Waals surface area (Å²) in [5, 5.41) is 18.0. The number of nitrogens with zero attached hydrogens (tertiary/aromatic N) is 2. The Morgan fingerprint density at radius 1 is 1.38 bits per heavy atom. The van der Waals surface area contributed by atoms with Crippen LogP contribution in [0.4, 0.5) is 5.82 Å². The molecule has 3 N–H and O–H groups in total. The number of anilines is 1. The first kappa shape index (κ1) is 10.9. The van der Waals surface area contributed by atoms with Gasteiger partial charge < -0.3 is 5.73 Å². The highest BCUT2D eigenvalue weighted by atomic mass is 35.5. The Labute approximate surface area is 101 Å². The molecule has 0 aliphatic rings. The van der Waals surface area contributed by atoms with E-state index in [-0.39, 0.29) is 0 Å². The number of hydrogen-bond donors (Lipinski definition) is 2. The van der Waals surface area contributed by atoms with Crippen LogP contribution in [0.2, 0.25) is 5.02 Å². The van der Waals surface area contributed by atoms with E-state index in [2.05, 4.69) is 10.2 Å². The highest BCUT2D eigenvalue weighted by molar-refractivity contribution is 8.04. The van der Waals surface area contributed by atoms with Crippen molar-refractivity contribution in [2.75, 3.05) is 5.73 Å². The molecule has 0 spiro atoms. The van der Waals surface area contributed by atoms with Crippen molar-refractivity contribution in [2.24, 2.45) is 0 Å². The minimum atomic E-state index is 0.330. The second-order valence-corrected chi connectivity index (χ2v) is 4.24. The fourth-order valence-electron chi connectivity index (χ4n) is 1.31. The van der Waals surface area contributed by atoms with E-state index < -0.39 is 0 Å². The topological polar surface area (TPSA) is 78.5 Å². The molecule has 0 amide bonds. The van der Waals surface area contributed by atoms with Gasteiger partial charge in [0, 0.05) is 10.6 Å². The molecule has 2 aromatic rings. The van der Waals surface area contributed by atoms with Crippen molar-refractivity contribution < 1.29 is 0 Å².